The van der Waals surface area contributed by atoms with Gasteiger partial charge in [-0.3, -0.25) is 9.59 Å². The van der Waals surface area contributed by atoms with E-state index in [9.17, 15) is 19.5 Å². The average Bonchev–Trinajstić information content (AvgIpc) is 2.25. The van der Waals surface area contributed by atoms with E-state index in [-0.39, 0.29) is 11.4 Å². The lowest BCUT2D eigenvalue weighted by atomic mass is 9.94. The van der Waals surface area contributed by atoms with E-state index < -0.39 is 24.2 Å². The quantitative estimate of drug-likeness (QED) is 0.610. The standard InChI is InChI=1S/C9H11NO4/c1-4-8(5(2)11)6(3-7(12)13)9(14)10-4/h6H,3H2,1-2H3,(H,10,14)(H,12,13)/p-1/t6-/m0/s1. The molecular formula is C9H10NO4-. The zero-order valence-corrected chi connectivity index (χ0v) is 7.92. The molecule has 0 aliphatic carbocycles. The van der Waals surface area contributed by atoms with Crippen LogP contribution < -0.4 is 10.4 Å². The first kappa shape index (κ1) is 10.4. The molecule has 0 bridgehead atoms. The highest BCUT2D eigenvalue weighted by Gasteiger charge is 2.33. The van der Waals surface area contributed by atoms with Gasteiger partial charge in [-0.15, -0.1) is 0 Å². The second kappa shape index (κ2) is 3.61. The Labute approximate surface area is 80.8 Å². The minimum Gasteiger partial charge on any atom is -0.550 e. The molecule has 0 unspecified atom stereocenters. The fourth-order valence-electron chi connectivity index (χ4n) is 1.60. The molecule has 1 amide bonds. The van der Waals surface area contributed by atoms with Crippen LogP contribution in [0.15, 0.2) is 11.3 Å². The van der Waals surface area contributed by atoms with Gasteiger partial charge >= 0.3 is 0 Å². The normalized spacial score (nSPS) is 21.0. The van der Waals surface area contributed by atoms with Crippen molar-refractivity contribution < 1.29 is 19.5 Å². The second-order valence-electron chi connectivity index (χ2n) is 3.21. The molecule has 1 heterocycles. The number of rotatable bonds is 3. The van der Waals surface area contributed by atoms with Gasteiger partial charge in [-0.25, -0.2) is 0 Å². The van der Waals surface area contributed by atoms with Gasteiger partial charge in [0.2, 0.25) is 5.91 Å². The zero-order chi connectivity index (χ0) is 10.9. The monoisotopic (exact) mass is 196 g/mol. The molecule has 1 N–H and O–H groups in total. The highest BCUT2D eigenvalue weighted by Crippen LogP contribution is 2.24. The van der Waals surface area contributed by atoms with Crippen LogP contribution in [0, 0.1) is 5.92 Å². The van der Waals surface area contributed by atoms with E-state index >= 15 is 0 Å². The van der Waals surface area contributed by atoms with Crippen LogP contribution in [0.25, 0.3) is 0 Å². The molecule has 0 aromatic rings. The number of amides is 1. The van der Waals surface area contributed by atoms with Gasteiger partial charge in [0.15, 0.2) is 5.78 Å². The van der Waals surface area contributed by atoms with Crippen LogP contribution in [0.5, 0.6) is 0 Å². The van der Waals surface area contributed by atoms with Crippen molar-refractivity contribution in [2.45, 2.75) is 20.3 Å². The summed E-state index contributed by atoms with van der Waals surface area (Å²) in [5.74, 6) is -2.96. The van der Waals surface area contributed by atoms with E-state index in [0.717, 1.165) is 0 Å². The van der Waals surface area contributed by atoms with E-state index in [0.29, 0.717) is 5.70 Å². The second-order valence-corrected chi connectivity index (χ2v) is 3.21. The van der Waals surface area contributed by atoms with Gasteiger partial charge in [-0.05, 0) is 13.8 Å². The Bertz CT molecular complexity index is 343. The number of carboxylic acid groups (broad SMARTS) is 1. The van der Waals surface area contributed by atoms with Crippen LogP contribution in [0.2, 0.25) is 0 Å². The van der Waals surface area contributed by atoms with E-state index in [1.807, 2.05) is 0 Å². The Hall–Kier alpha value is -1.65. The molecule has 14 heavy (non-hydrogen) atoms. The van der Waals surface area contributed by atoms with E-state index in [1.54, 1.807) is 6.92 Å². The van der Waals surface area contributed by atoms with Gasteiger partial charge < -0.3 is 15.2 Å². The maximum absolute atomic E-state index is 11.2. The number of hydrogen-bond donors (Lipinski definition) is 1. The first-order valence-corrected chi connectivity index (χ1v) is 4.16. The fraction of sp³-hybridized carbons (Fsp3) is 0.444. The van der Waals surface area contributed by atoms with E-state index in [1.165, 1.54) is 6.92 Å². The topological polar surface area (TPSA) is 86.3 Å². The Kier molecular flexibility index (Phi) is 2.69. The predicted molar refractivity (Wildman–Crippen MR) is 44.6 cm³/mol. The van der Waals surface area contributed by atoms with Gasteiger partial charge in [-0.2, -0.15) is 0 Å². The molecule has 0 radical (unpaired) electrons. The van der Waals surface area contributed by atoms with Gasteiger partial charge in [-0.1, -0.05) is 0 Å². The molecule has 0 aromatic heterocycles. The lowest BCUT2D eigenvalue weighted by Gasteiger charge is -2.10. The molecule has 1 atom stereocenters. The Balaban J connectivity index is 2.97. The molecular weight excluding hydrogens is 186 g/mol. The van der Waals surface area contributed by atoms with Crippen molar-refractivity contribution in [3.63, 3.8) is 0 Å². The van der Waals surface area contributed by atoms with Crippen molar-refractivity contribution in [3.8, 4) is 0 Å². The maximum atomic E-state index is 11.2. The van der Waals surface area contributed by atoms with Crippen molar-refractivity contribution >= 4 is 17.7 Å². The number of ketones is 1. The number of Topliss-reactive ketones (excluding diaryl/α,β-unsaturated/α-hetero) is 1. The number of aliphatic carboxylic acids is 1. The summed E-state index contributed by atoms with van der Waals surface area (Å²) in [6.07, 6.45) is -0.446. The van der Waals surface area contributed by atoms with Gasteiger partial charge in [0.05, 0.1) is 5.92 Å². The summed E-state index contributed by atoms with van der Waals surface area (Å²) in [6.45, 7) is 2.88. The molecule has 0 aromatic carbocycles. The number of carbonyl (C=O) groups is 3. The summed E-state index contributed by atoms with van der Waals surface area (Å²) in [6, 6.07) is 0. The van der Waals surface area contributed by atoms with Gasteiger partial charge in [0, 0.05) is 23.7 Å². The largest absolute Gasteiger partial charge is 0.550 e. The van der Waals surface area contributed by atoms with Crippen molar-refractivity contribution in [2.24, 2.45) is 5.92 Å². The number of hydrogen-bond acceptors (Lipinski definition) is 4. The number of nitrogens with one attached hydrogen (secondary N) is 1. The summed E-state index contributed by atoms with van der Waals surface area (Å²) in [5, 5.41) is 12.8. The van der Waals surface area contributed by atoms with Crippen LogP contribution in [0.1, 0.15) is 20.3 Å². The third kappa shape index (κ3) is 1.81. The van der Waals surface area contributed by atoms with Crippen molar-refractivity contribution in [1.82, 2.24) is 5.32 Å². The van der Waals surface area contributed by atoms with Crippen LogP contribution in [-0.2, 0) is 14.4 Å². The van der Waals surface area contributed by atoms with E-state index in [4.69, 9.17) is 0 Å². The number of carbonyl (C=O) groups excluding carboxylic acids is 3. The molecule has 76 valence electrons. The minimum atomic E-state index is -1.33. The minimum absolute atomic E-state index is 0.249. The molecule has 0 saturated carbocycles. The fourth-order valence-corrected chi connectivity index (χ4v) is 1.60. The summed E-state index contributed by atoms with van der Waals surface area (Å²) in [4.78, 5) is 32.7. The Morgan fingerprint density at radius 3 is 2.50 bits per heavy atom. The molecule has 0 saturated heterocycles. The summed E-state index contributed by atoms with van der Waals surface area (Å²) in [7, 11) is 0. The first-order chi connectivity index (χ1) is 6.43. The number of allylic oxidation sites excluding steroid dienone is 1. The van der Waals surface area contributed by atoms with Crippen molar-refractivity contribution in [1.29, 1.82) is 0 Å². The average molecular weight is 196 g/mol. The van der Waals surface area contributed by atoms with Gasteiger partial charge in [0.25, 0.3) is 0 Å². The zero-order valence-electron chi connectivity index (χ0n) is 7.92. The summed E-state index contributed by atoms with van der Waals surface area (Å²) < 4.78 is 0. The molecule has 0 spiro atoms. The van der Waals surface area contributed by atoms with E-state index in [2.05, 4.69) is 5.32 Å². The van der Waals surface area contributed by atoms with Crippen LogP contribution in [-0.4, -0.2) is 17.7 Å². The Morgan fingerprint density at radius 2 is 2.07 bits per heavy atom. The highest BCUT2D eigenvalue weighted by atomic mass is 16.4. The molecule has 5 nitrogen and oxygen atoms in total. The third-order valence-corrected chi connectivity index (χ3v) is 2.13. The summed E-state index contributed by atoms with van der Waals surface area (Å²) in [5.41, 5.74) is 0.688. The number of carboxylic acids is 1. The molecule has 1 aliphatic rings. The molecule has 0 fully saturated rings. The SMILES string of the molecule is CC(=O)C1=C(C)NC(=O)[C@H]1CC(=O)[O-]. The van der Waals surface area contributed by atoms with Gasteiger partial charge in [0.1, 0.15) is 0 Å². The first-order valence-electron chi connectivity index (χ1n) is 4.16. The lowest BCUT2D eigenvalue weighted by Crippen LogP contribution is -2.31. The van der Waals surface area contributed by atoms with Crippen LogP contribution in [0.3, 0.4) is 0 Å². The van der Waals surface area contributed by atoms with Crippen molar-refractivity contribution in [2.75, 3.05) is 0 Å². The smallest absolute Gasteiger partial charge is 0.232 e. The van der Waals surface area contributed by atoms with Crippen LogP contribution in [0.4, 0.5) is 0 Å². The molecule has 1 aliphatic heterocycles. The maximum Gasteiger partial charge on any atom is 0.232 e. The van der Waals surface area contributed by atoms with Crippen molar-refractivity contribution in [3.05, 3.63) is 11.3 Å². The third-order valence-electron chi connectivity index (χ3n) is 2.13. The summed E-state index contributed by atoms with van der Waals surface area (Å²) >= 11 is 0. The Morgan fingerprint density at radius 1 is 1.50 bits per heavy atom. The predicted octanol–water partition coefficient (Wildman–Crippen LogP) is -1.26. The highest BCUT2D eigenvalue weighted by molar-refractivity contribution is 6.05. The van der Waals surface area contributed by atoms with Crippen LogP contribution >= 0.6 is 0 Å². The lowest BCUT2D eigenvalue weighted by molar-refractivity contribution is -0.306. The molecule has 1 rings (SSSR count). The molecule has 5 heteroatoms.